The molecule has 0 saturated carbocycles. The standard InChI is InChI=1S/C21H22N4O3S/c22-13-16-15-6-5-7-19(15)29-21(16)23-20(26)14-8-9-17(18(12-14)25(27)28)24-10-3-1-2-4-11-24/h8-9,12H,1-7,10-11H2,(H,23,26). The van der Waals surface area contributed by atoms with Crippen molar-refractivity contribution in [1.82, 2.24) is 0 Å². The second-order valence-corrected chi connectivity index (χ2v) is 8.59. The lowest BCUT2D eigenvalue weighted by atomic mass is 10.1. The third-order valence-electron chi connectivity index (χ3n) is 5.64. The van der Waals surface area contributed by atoms with Gasteiger partial charge in [0.05, 0.1) is 10.5 Å². The summed E-state index contributed by atoms with van der Waals surface area (Å²) in [6.45, 7) is 1.58. The Balaban J connectivity index is 1.60. The van der Waals surface area contributed by atoms with E-state index in [9.17, 15) is 20.2 Å². The van der Waals surface area contributed by atoms with Crippen LogP contribution in [0.1, 0.15) is 58.5 Å². The number of carbonyl (C=O) groups excluding carboxylic acids is 1. The molecule has 8 heteroatoms. The van der Waals surface area contributed by atoms with E-state index in [1.54, 1.807) is 12.1 Å². The molecule has 4 rings (SSSR count). The van der Waals surface area contributed by atoms with Gasteiger partial charge in [0.15, 0.2) is 0 Å². The molecule has 0 atom stereocenters. The summed E-state index contributed by atoms with van der Waals surface area (Å²) in [4.78, 5) is 27.2. The van der Waals surface area contributed by atoms with Crippen molar-refractivity contribution >= 4 is 33.6 Å². The van der Waals surface area contributed by atoms with Crippen molar-refractivity contribution in [3.8, 4) is 6.07 Å². The maximum Gasteiger partial charge on any atom is 0.293 e. The van der Waals surface area contributed by atoms with Gasteiger partial charge in [-0.25, -0.2) is 0 Å². The van der Waals surface area contributed by atoms with E-state index in [0.29, 0.717) is 16.3 Å². The number of nitriles is 1. The number of hydrogen-bond donors (Lipinski definition) is 1. The Morgan fingerprint density at radius 1 is 1.17 bits per heavy atom. The zero-order chi connectivity index (χ0) is 20.4. The topological polar surface area (TPSA) is 99.3 Å². The van der Waals surface area contributed by atoms with Crippen molar-refractivity contribution < 1.29 is 9.72 Å². The zero-order valence-electron chi connectivity index (χ0n) is 16.1. The largest absolute Gasteiger partial charge is 0.366 e. The summed E-state index contributed by atoms with van der Waals surface area (Å²) in [6, 6.07) is 6.86. The minimum atomic E-state index is -0.424. The fraction of sp³-hybridized carbons (Fsp3) is 0.429. The molecule has 29 heavy (non-hydrogen) atoms. The normalized spacial score (nSPS) is 16.0. The van der Waals surface area contributed by atoms with Crippen molar-refractivity contribution in [3.63, 3.8) is 0 Å². The van der Waals surface area contributed by atoms with Gasteiger partial charge in [0.25, 0.3) is 11.6 Å². The van der Waals surface area contributed by atoms with Crippen molar-refractivity contribution in [2.45, 2.75) is 44.9 Å². The molecular weight excluding hydrogens is 388 g/mol. The Kier molecular flexibility index (Phi) is 5.49. The summed E-state index contributed by atoms with van der Waals surface area (Å²) in [5.41, 5.74) is 2.32. The fourth-order valence-electron chi connectivity index (χ4n) is 4.18. The Bertz CT molecular complexity index is 1000. The van der Waals surface area contributed by atoms with Gasteiger partial charge in [0, 0.05) is 29.6 Å². The van der Waals surface area contributed by atoms with E-state index < -0.39 is 10.8 Å². The van der Waals surface area contributed by atoms with E-state index in [1.165, 1.54) is 17.4 Å². The van der Waals surface area contributed by atoms with Gasteiger partial charge < -0.3 is 10.2 Å². The van der Waals surface area contributed by atoms with Gasteiger partial charge in [-0.1, -0.05) is 12.8 Å². The van der Waals surface area contributed by atoms with E-state index >= 15 is 0 Å². The van der Waals surface area contributed by atoms with Gasteiger partial charge in [0.2, 0.25) is 0 Å². The number of anilines is 2. The molecule has 2 aliphatic rings. The SMILES string of the molecule is N#Cc1c(NC(=O)c2ccc(N3CCCCCC3)c([N+](=O)[O-])c2)sc2c1CCC2. The van der Waals surface area contributed by atoms with Crippen LogP contribution in [0.25, 0.3) is 0 Å². The number of nitro groups is 1. The van der Waals surface area contributed by atoms with Crippen LogP contribution in [-0.2, 0) is 12.8 Å². The van der Waals surface area contributed by atoms with Gasteiger partial charge in [-0.15, -0.1) is 11.3 Å². The maximum absolute atomic E-state index is 12.8. The number of aryl methyl sites for hydroxylation is 1. The number of nitro benzene ring substituents is 1. The van der Waals surface area contributed by atoms with Crippen LogP contribution in [0.4, 0.5) is 16.4 Å². The molecule has 0 radical (unpaired) electrons. The van der Waals surface area contributed by atoms with Crippen LogP contribution < -0.4 is 10.2 Å². The molecule has 150 valence electrons. The lowest BCUT2D eigenvalue weighted by Gasteiger charge is -2.22. The minimum Gasteiger partial charge on any atom is -0.366 e. The van der Waals surface area contributed by atoms with Crippen LogP contribution in [0.3, 0.4) is 0 Å². The summed E-state index contributed by atoms with van der Waals surface area (Å²) in [7, 11) is 0. The first-order chi connectivity index (χ1) is 14.1. The Labute approximate surface area is 173 Å². The van der Waals surface area contributed by atoms with Crippen molar-refractivity contribution in [1.29, 1.82) is 5.26 Å². The number of nitrogens with one attached hydrogen (secondary N) is 1. The highest BCUT2D eigenvalue weighted by Crippen LogP contribution is 2.39. The average molecular weight is 410 g/mol. The molecule has 1 aromatic carbocycles. The predicted molar refractivity (Wildman–Crippen MR) is 113 cm³/mol. The molecule has 1 saturated heterocycles. The molecule has 1 aliphatic heterocycles. The summed E-state index contributed by atoms with van der Waals surface area (Å²) >= 11 is 1.44. The first kappa shape index (κ1) is 19.4. The first-order valence-electron chi connectivity index (χ1n) is 9.98. The van der Waals surface area contributed by atoms with Gasteiger partial charge >= 0.3 is 0 Å². The minimum absolute atomic E-state index is 0.0475. The highest BCUT2D eigenvalue weighted by molar-refractivity contribution is 7.16. The predicted octanol–water partition coefficient (Wildman–Crippen LogP) is 4.65. The van der Waals surface area contributed by atoms with Gasteiger partial charge in [0.1, 0.15) is 16.8 Å². The molecule has 7 nitrogen and oxygen atoms in total. The van der Waals surface area contributed by atoms with Crippen LogP contribution in [0.15, 0.2) is 18.2 Å². The number of benzene rings is 1. The van der Waals surface area contributed by atoms with Crippen LogP contribution in [-0.4, -0.2) is 23.9 Å². The second-order valence-electron chi connectivity index (χ2n) is 7.49. The number of nitrogens with zero attached hydrogens (tertiary/aromatic N) is 3. The number of hydrogen-bond acceptors (Lipinski definition) is 6. The molecular formula is C21H22N4O3S. The zero-order valence-corrected chi connectivity index (χ0v) is 16.9. The van der Waals surface area contributed by atoms with Crippen LogP contribution in [0, 0.1) is 21.4 Å². The van der Waals surface area contributed by atoms with Crippen molar-refractivity contribution in [3.05, 3.63) is 49.9 Å². The second kappa shape index (κ2) is 8.21. The molecule has 0 spiro atoms. The Morgan fingerprint density at radius 2 is 1.93 bits per heavy atom. The number of thiophene rings is 1. The number of amides is 1. The molecule has 2 heterocycles. The maximum atomic E-state index is 12.8. The highest BCUT2D eigenvalue weighted by Gasteiger charge is 2.25. The van der Waals surface area contributed by atoms with Gasteiger partial charge in [-0.2, -0.15) is 5.26 Å². The molecule has 1 aromatic heterocycles. The smallest absolute Gasteiger partial charge is 0.293 e. The summed E-state index contributed by atoms with van der Waals surface area (Å²) in [5.74, 6) is -0.424. The summed E-state index contributed by atoms with van der Waals surface area (Å²) < 4.78 is 0. The van der Waals surface area contributed by atoms with E-state index in [1.807, 2.05) is 4.90 Å². The number of fused-ring (bicyclic) bond motifs is 1. The highest BCUT2D eigenvalue weighted by atomic mass is 32.1. The Morgan fingerprint density at radius 3 is 2.62 bits per heavy atom. The first-order valence-corrected chi connectivity index (χ1v) is 10.8. The van der Waals surface area contributed by atoms with Crippen LogP contribution >= 0.6 is 11.3 Å². The summed E-state index contributed by atoms with van der Waals surface area (Å²) in [6.07, 6.45) is 7.13. The molecule has 1 fully saturated rings. The third-order valence-corrected chi connectivity index (χ3v) is 6.85. The van der Waals surface area contributed by atoms with Crippen LogP contribution in [0.5, 0.6) is 0 Å². The molecule has 0 bridgehead atoms. The lowest BCUT2D eigenvalue weighted by Crippen LogP contribution is -2.25. The van der Waals surface area contributed by atoms with Crippen LogP contribution in [0.2, 0.25) is 0 Å². The molecule has 2 aromatic rings. The monoisotopic (exact) mass is 410 g/mol. The van der Waals surface area contributed by atoms with Gasteiger partial charge in [-0.05, 0) is 49.8 Å². The molecule has 1 aliphatic carbocycles. The van der Waals surface area contributed by atoms with Gasteiger partial charge in [-0.3, -0.25) is 14.9 Å². The molecule has 1 amide bonds. The van der Waals surface area contributed by atoms with E-state index in [4.69, 9.17) is 0 Å². The van der Waals surface area contributed by atoms with E-state index in [0.717, 1.165) is 68.5 Å². The van der Waals surface area contributed by atoms with E-state index in [2.05, 4.69) is 11.4 Å². The third kappa shape index (κ3) is 3.83. The summed E-state index contributed by atoms with van der Waals surface area (Å²) in [5, 5.41) is 24.5. The molecule has 0 unspecified atom stereocenters. The lowest BCUT2D eigenvalue weighted by molar-refractivity contribution is -0.384. The van der Waals surface area contributed by atoms with E-state index in [-0.39, 0.29) is 11.3 Å². The van der Waals surface area contributed by atoms with Crippen molar-refractivity contribution in [2.24, 2.45) is 0 Å². The quantitative estimate of drug-likeness (QED) is 0.584. The molecule has 1 N–H and O–H groups in total. The average Bonchev–Trinajstić information content (AvgIpc) is 3.17. The van der Waals surface area contributed by atoms with Crippen molar-refractivity contribution in [2.75, 3.05) is 23.3 Å². The number of carbonyl (C=O) groups is 1. The number of rotatable bonds is 4. The Hall–Kier alpha value is -2.92. The fourth-order valence-corrected chi connectivity index (χ4v) is 5.41.